The first-order valence-electron chi connectivity index (χ1n) is 1.74. The van der Waals surface area contributed by atoms with Crippen molar-refractivity contribution in [1.29, 1.82) is 0 Å². The summed E-state index contributed by atoms with van der Waals surface area (Å²) in [5, 5.41) is 0. The highest BCUT2D eigenvalue weighted by molar-refractivity contribution is 5.54. The highest BCUT2D eigenvalue weighted by atomic mass is 16.5. The molecule has 0 aliphatic carbocycles. The van der Waals surface area contributed by atoms with Crippen molar-refractivity contribution in [2.24, 2.45) is 0 Å². The van der Waals surface area contributed by atoms with Crippen LogP contribution in [0, 0.1) is 0 Å². The van der Waals surface area contributed by atoms with Gasteiger partial charge in [0, 0.05) is 0 Å². The van der Waals surface area contributed by atoms with Crippen LogP contribution in [-0.4, -0.2) is 19.2 Å². The highest BCUT2D eigenvalue weighted by Crippen LogP contribution is 2.01. The third-order valence-electron chi connectivity index (χ3n) is 0.697. The van der Waals surface area contributed by atoms with Gasteiger partial charge < -0.3 is 4.74 Å². The van der Waals surface area contributed by atoms with Gasteiger partial charge in [-0.1, -0.05) is 0 Å². The van der Waals surface area contributed by atoms with E-state index in [1.54, 1.807) is 5.94 Å². The monoisotopic (exact) mass is 84.0 g/mol. The van der Waals surface area contributed by atoms with Crippen molar-refractivity contribution in [3.63, 3.8) is 0 Å². The summed E-state index contributed by atoms with van der Waals surface area (Å²) in [7, 11) is 0. The first kappa shape index (κ1) is 3.59. The van der Waals surface area contributed by atoms with Crippen LogP contribution in [0.2, 0.25) is 0 Å². The van der Waals surface area contributed by atoms with Crippen LogP contribution in [0.1, 0.15) is 0 Å². The molecule has 32 valence electrons. The Balaban J connectivity index is 2.55. The van der Waals surface area contributed by atoms with E-state index >= 15 is 0 Å². The van der Waals surface area contributed by atoms with Crippen molar-refractivity contribution in [2.75, 3.05) is 13.2 Å². The molecule has 0 unspecified atom stereocenters. The van der Waals surface area contributed by atoms with Crippen molar-refractivity contribution in [2.45, 2.75) is 0 Å². The van der Waals surface area contributed by atoms with Gasteiger partial charge >= 0.3 is 0 Å². The van der Waals surface area contributed by atoms with E-state index in [1.165, 1.54) is 0 Å². The molecule has 0 aromatic heterocycles. The molecule has 0 aromatic rings. The zero-order valence-electron chi connectivity index (χ0n) is 3.23. The van der Waals surface area contributed by atoms with E-state index in [9.17, 15) is 4.79 Å². The molecule has 0 saturated carbocycles. The fourth-order valence-corrected chi connectivity index (χ4v) is 0.263. The van der Waals surface area contributed by atoms with Crippen molar-refractivity contribution in [3.05, 3.63) is 5.57 Å². The summed E-state index contributed by atoms with van der Waals surface area (Å²) in [5.41, 5.74) is 0.745. The van der Waals surface area contributed by atoms with Crippen LogP contribution in [-0.2, 0) is 9.53 Å². The Morgan fingerprint density at radius 2 is 2.33 bits per heavy atom. The van der Waals surface area contributed by atoms with E-state index in [1.807, 2.05) is 0 Å². The SMILES string of the molecule is O=C=C1COC1. The van der Waals surface area contributed by atoms with Gasteiger partial charge in [-0.2, -0.15) is 0 Å². The first-order valence-corrected chi connectivity index (χ1v) is 1.74. The maximum absolute atomic E-state index is 9.55. The molecule has 0 amide bonds. The quantitative estimate of drug-likeness (QED) is 0.379. The number of rotatable bonds is 0. The van der Waals surface area contributed by atoms with Gasteiger partial charge in [-0.3, -0.25) is 0 Å². The predicted molar refractivity (Wildman–Crippen MR) is 20.0 cm³/mol. The molecular weight excluding hydrogens is 80.0 g/mol. The summed E-state index contributed by atoms with van der Waals surface area (Å²) in [4.78, 5) is 9.55. The Morgan fingerprint density at radius 1 is 1.67 bits per heavy atom. The Morgan fingerprint density at radius 3 is 2.33 bits per heavy atom. The van der Waals surface area contributed by atoms with Crippen LogP contribution in [0.4, 0.5) is 0 Å². The Labute approximate surface area is 35.4 Å². The lowest BCUT2D eigenvalue weighted by atomic mass is 10.3. The topological polar surface area (TPSA) is 26.3 Å². The molecule has 6 heavy (non-hydrogen) atoms. The Kier molecular flexibility index (Phi) is 0.748. The molecule has 1 saturated heterocycles. The van der Waals surface area contributed by atoms with Crippen molar-refractivity contribution in [1.82, 2.24) is 0 Å². The molecule has 0 N–H and O–H groups in total. The second kappa shape index (κ2) is 1.25. The molecule has 0 bridgehead atoms. The minimum Gasteiger partial charge on any atom is -0.371 e. The highest BCUT2D eigenvalue weighted by Gasteiger charge is 2.07. The van der Waals surface area contributed by atoms with Crippen LogP contribution < -0.4 is 0 Å². The number of carbonyl (C=O) groups excluding carboxylic acids is 1. The Bertz CT molecular complexity index is 94.1. The number of ether oxygens (including phenoxy) is 1. The van der Waals surface area contributed by atoms with Gasteiger partial charge in [0.2, 0.25) is 0 Å². The van der Waals surface area contributed by atoms with Gasteiger partial charge in [-0.15, -0.1) is 0 Å². The largest absolute Gasteiger partial charge is 0.371 e. The molecule has 0 spiro atoms. The minimum absolute atomic E-state index is 0.503. The normalized spacial score (nSPS) is 19.0. The third-order valence-corrected chi connectivity index (χ3v) is 0.697. The van der Waals surface area contributed by atoms with Crippen LogP contribution >= 0.6 is 0 Å². The van der Waals surface area contributed by atoms with Crippen LogP contribution in [0.3, 0.4) is 0 Å². The average Bonchev–Trinajstić information content (AvgIpc) is 1.31. The molecular formula is C4H4O2. The van der Waals surface area contributed by atoms with E-state index in [4.69, 9.17) is 0 Å². The molecule has 1 fully saturated rings. The number of hydrogen-bond donors (Lipinski definition) is 0. The summed E-state index contributed by atoms with van der Waals surface area (Å²) >= 11 is 0. The standard InChI is InChI=1S/C4H4O2/c5-1-4-2-6-3-4/h2-3H2. The lowest BCUT2D eigenvalue weighted by molar-refractivity contribution is 0.105. The van der Waals surface area contributed by atoms with Crippen molar-refractivity contribution >= 4 is 5.94 Å². The Hall–Kier alpha value is -0.590. The lowest BCUT2D eigenvalue weighted by Gasteiger charge is -2.11. The van der Waals surface area contributed by atoms with Gasteiger partial charge in [-0.25, -0.2) is 4.79 Å². The van der Waals surface area contributed by atoms with E-state index in [2.05, 4.69) is 4.74 Å². The molecule has 2 nitrogen and oxygen atoms in total. The van der Waals surface area contributed by atoms with E-state index < -0.39 is 0 Å². The van der Waals surface area contributed by atoms with Gasteiger partial charge in [0.05, 0.1) is 18.8 Å². The van der Waals surface area contributed by atoms with Crippen LogP contribution in [0.15, 0.2) is 5.57 Å². The van der Waals surface area contributed by atoms with Gasteiger partial charge in [0.1, 0.15) is 5.94 Å². The lowest BCUT2D eigenvalue weighted by Crippen LogP contribution is -2.16. The third kappa shape index (κ3) is 0.361. The van der Waals surface area contributed by atoms with Gasteiger partial charge in [0.15, 0.2) is 0 Å². The summed E-state index contributed by atoms with van der Waals surface area (Å²) in [6.07, 6.45) is 0. The van der Waals surface area contributed by atoms with Crippen molar-refractivity contribution < 1.29 is 9.53 Å². The zero-order chi connectivity index (χ0) is 4.41. The molecule has 1 aliphatic heterocycles. The maximum atomic E-state index is 9.55. The van der Waals surface area contributed by atoms with Gasteiger partial charge in [0.25, 0.3) is 0 Å². The second-order valence-electron chi connectivity index (χ2n) is 1.20. The molecule has 1 aliphatic rings. The molecule has 0 radical (unpaired) electrons. The fraction of sp³-hybridized carbons (Fsp3) is 0.500. The molecule has 0 aromatic carbocycles. The minimum atomic E-state index is 0.503. The summed E-state index contributed by atoms with van der Waals surface area (Å²) in [6, 6.07) is 0. The van der Waals surface area contributed by atoms with Crippen LogP contribution in [0.5, 0.6) is 0 Å². The second-order valence-corrected chi connectivity index (χ2v) is 1.20. The zero-order valence-corrected chi connectivity index (χ0v) is 3.23. The number of hydrogen-bond acceptors (Lipinski definition) is 2. The van der Waals surface area contributed by atoms with E-state index in [-0.39, 0.29) is 0 Å². The predicted octanol–water partition coefficient (Wildman–Crippen LogP) is -0.225. The van der Waals surface area contributed by atoms with Gasteiger partial charge in [-0.05, 0) is 0 Å². The maximum Gasteiger partial charge on any atom is 0.128 e. The summed E-state index contributed by atoms with van der Waals surface area (Å²) in [6.45, 7) is 1.01. The molecule has 1 heterocycles. The average molecular weight is 84.1 g/mol. The molecule has 1 rings (SSSR count). The summed E-state index contributed by atoms with van der Waals surface area (Å²) in [5.74, 6) is 1.74. The van der Waals surface area contributed by atoms with Crippen LogP contribution in [0.25, 0.3) is 0 Å². The smallest absolute Gasteiger partial charge is 0.128 e. The molecule has 0 atom stereocenters. The van der Waals surface area contributed by atoms with E-state index in [0.29, 0.717) is 13.2 Å². The van der Waals surface area contributed by atoms with Crippen molar-refractivity contribution in [3.8, 4) is 0 Å². The molecule has 2 heteroatoms. The fourth-order valence-electron chi connectivity index (χ4n) is 0.263. The summed E-state index contributed by atoms with van der Waals surface area (Å²) < 4.78 is 4.63. The first-order chi connectivity index (χ1) is 2.93. The van der Waals surface area contributed by atoms with E-state index in [0.717, 1.165) is 5.57 Å².